The van der Waals surface area contributed by atoms with Gasteiger partial charge in [0.15, 0.2) is 5.96 Å². The van der Waals surface area contributed by atoms with Gasteiger partial charge in [0.2, 0.25) is 0 Å². The van der Waals surface area contributed by atoms with E-state index < -0.39 is 0 Å². The summed E-state index contributed by atoms with van der Waals surface area (Å²) in [5.41, 5.74) is 2.58. The average Bonchev–Trinajstić information content (AvgIpc) is 2.60. The maximum absolute atomic E-state index is 4.31. The number of aliphatic imine (C=N–C) groups is 1. The van der Waals surface area contributed by atoms with E-state index in [1.165, 1.54) is 50.0 Å². The van der Waals surface area contributed by atoms with E-state index >= 15 is 0 Å². The van der Waals surface area contributed by atoms with Crippen molar-refractivity contribution in [2.24, 2.45) is 10.9 Å². The summed E-state index contributed by atoms with van der Waals surface area (Å²) in [5, 5.41) is 6.84. The van der Waals surface area contributed by atoms with Crippen molar-refractivity contribution < 1.29 is 0 Å². The predicted octanol–water partition coefficient (Wildman–Crippen LogP) is 2.78. The molecule has 1 aliphatic heterocycles. The van der Waals surface area contributed by atoms with Gasteiger partial charge in [0, 0.05) is 20.1 Å². The van der Waals surface area contributed by atoms with E-state index in [1.54, 1.807) is 0 Å². The van der Waals surface area contributed by atoms with Crippen LogP contribution < -0.4 is 10.6 Å². The molecule has 1 heterocycles. The van der Waals surface area contributed by atoms with Crippen LogP contribution >= 0.6 is 0 Å². The second-order valence-corrected chi connectivity index (χ2v) is 6.50. The summed E-state index contributed by atoms with van der Waals surface area (Å²) in [6.45, 7) is 9.91. The third-order valence-electron chi connectivity index (χ3n) is 4.80. The first kappa shape index (κ1) is 17.8. The van der Waals surface area contributed by atoms with Crippen LogP contribution in [-0.2, 0) is 6.54 Å². The number of piperidine rings is 1. The Morgan fingerprint density at radius 3 is 2.48 bits per heavy atom. The summed E-state index contributed by atoms with van der Waals surface area (Å²) in [5.74, 6) is 1.76. The molecule has 4 heteroatoms. The van der Waals surface area contributed by atoms with E-state index in [4.69, 9.17) is 0 Å². The smallest absolute Gasteiger partial charge is 0.191 e. The van der Waals surface area contributed by atoms with E-state index in [-0.39, 0.29) is 0 Å². The maximum Gasteiger partial charge on any atom is 0.191 e. The quantitative estimate of drug-likeness (QED) is 0.626. The zero-order valence-electron chi connectivity index (χ0n) is 14.9. The molecule has 4 nitrogen and oxygen atoms in total. The van der Waals surface area contributed by atoms with Crippen LogP contribution in [0, 0.1) is 12.8 Å². The number of benzene rings is 1. The molecule has 2 rings (SSSR count). The number of hydrogen-bond acceptors (Lipinski definition) is 2. The highest BCUT2D eigenvalue weighted by molar-refractivity contribution is 5.79. The number of guanidine groups is 1. The van der Waals surface area contributed by atoms with Gasteiger partial charge in [-0.3, -0.25) is 4.99 Å². The molecule has 1 aromatic rings. The normalized spacial score (nSPS) is 17.3. The first-order chi connectivity index (χ1) is 11.2. The van der Waals surface area contributed by atoms with Gasteiger partial charge in [0.05, 0.1) is 0 Å². The van der Waals surface area contributed by atoms with E-state index in [1.807, 2.05) is 7.05 Å². The Morgan fingerprint density at radius 1 is 1.17 bits per heavy atom. The zero-order chi connectivity index (χ0) is 16.5. The van der Waals surface area contributed by atoms with E-state index in [9.17, 15) is 0 Å². The highest BCUT2D eigenvalue weighted by Gasteiger charge is 2.17. The second-order valence-electron chi connectivity index (χ2n) is 6.50. The number of rotatable bonds is 6. The third kappa shape index (κ3) is 6.22. The standard InChI is InChI=1S/C19H32N4/c1-4-23-13-10-17(11-14-23)9-12-21-19(20-3)22-15-18-7-5-16(2)6-8-18/h5-8,17H,4,9-15H2,1-3H3,(H2,20,21,22). The van der Waals surface area contributed by atoms with Gasteiger partial charge in [-0.25, -0.2) is 0 Å². The number of hydrogen-bond donors (Lipinski definition) is 2. The van der Waals surface area contributed by atoms with Gasteiger partial charge >= 0.3 is 0 Å². The van der Waals surface area contributed by atoms with Crippen LogP contribution in [0.2, 0.25) is 0 Å². The molecule has 23 heavy (non-hydrogen) atoms. The molecule has 0 bridgehead atoms. The van der Waals surface area contributed by atoms with Gasteiger partial charge in [-0.05, 0) is 57.3 Å². The van der Waals surface area contributed by atoms with Crippen molar-refractivity contribution in [3.05, 3.63) is 35.4 Å². The van der Waals surface area contributed by atoms with Crippen LogP contribution in [0.15, 0.2) is 29.3 Å². The van der Waals surface area contributed by atoms with Crippen molar-refractivity contribution in [1.29, 1.82) is 0 Å². The van der Waals surface area contributed by atoms with Crippen molar-refractivity contribution in [2.75, 3.05) is 33.2 Å². The Morgan fingerprint density at radius 2 is 1.87 bits per heavy atom. The molecule has 1 fully saturated rings. The average molecular weight is 316 g/mol. The monoisotopic (exact) mass is 316 g/mol. The minimum Gasteiger partial charge on any atom is -0.356 e. The molecule has 0 radical (unpaired) electrons. The molecule has 2 N–H and O–H groups in total. The molecule has 1 saturated heterocycles. The second kappa shape index (κ2) is 9.56. The molecule has 0 aromatic heterocycles. The Labute approximate surface area is 141 Å². The van der Waals surface area contributed by atoms with Crippen LogP contribution in [-0.4, -0.2) is 44.1 Å². The fourth-order valence-electron chi connectivity index (χ4n) is 3.10. The summed E-state index contributed by atoms with van der Waals surface area (Å²) >= 11 is 0. The van der Waals surface area contributed by atoms with E-state index in [2.05, 4.69) is 58.6 Å². The Kier molecular flexibility index (Phi) is 7.40. The fraction of sp³-hybridized carbons (Fsp3) is 0.632. The van der Waals surface area contributed by atoms with Crippen molar-refractivity contribution in [3.8, 4) is 0 Å². The van der Waals surface area contributed by atoms with Crippen molar-refractivity contribution in [3.63, 3.8) is 0 Å². The van der Waals surface area contributed by atoms with Gasteiger partial charge in [-0.2, -0.15) is 0 Å². The summed E-state index contributed by atoms with van der Waals surface area (Å²) in [6.07, 6.45) is 3.92. The number of aryl methyl sites for hydroxylation is 1. The molecule has 1 aliphatic rings. The Bertz CT molecular complexity index is 473. The molecule has 1 aromatic carbocycles. The topological polar surface area (TPSA) is 39.7 Å². The first-order valence-electron chi connectivity index (χ1n) is 8.93. The zero-order valence-corrected chi connectivity index (χ0v) is 14.9. The minimum absolute atomic E-state index is 0.814. The van der Waals surface area contributed by atoms with E-state index in [0.29, 0.717) is 0 Å². The molecule has 0 spiro atoms. The number of nitrogens with one attached hydrogen (secondary N) is 2. The predicted molar refractivity (Wildman–Crippen MR) is 98.8 cm³/mol. The minimum atomic E-state index is 0.814. The lowest BCUT2D eigenvalue weighted by atomic mass is 9.93. The summed E-state index contributed by atoms with van der Waals surface area (Å²) in [4.78, 5) is 6.86. The van der Waals surface area contributed by atoms with Gasteiger partial charge in [0.1, 0.15) is 0 Å². The lowest BCUT2D eigenvalue weighted by Gasteiger charge is -2.31. The lowest BCUT2D eigenvalue weighted by Crippen LogP contribution is -2.39. The van der Waals surface area contributed by atoms with Crippen LogP contribution in [0.1, 0.15) is 37.3 Å². The molecular formula is C19H32N4. The van der Waals surface area contributed by atoms with Crippen molar-refractivity contribution in [2.45, 2.75) is 39.7 Å². The highest BCUT2D eigenvalue weighted by Crippen LogP contribution is 2.19. The van der Waals surface area contributed by atoms with E-state index in [0.717, 1.165) is 25.0 Å². The van der Waals surface area contributed by atoms with Crippen molar-refractivity contribution in [1.82, 2.24) is 15.5 Å². The molecule has 0 unspecified atom stereocenters. The maximum atomic E-state index is 4.31. The van der Waals surface area contributed by atoms with Crippen LogP contribution in [0.4, 0.5) is 0 Å². The lowest BCUT2D eigenvalue weighted by molar-refractivity contribution is 0.187. The third-order valence-corrected chi connectivity index (χ3v) is 4.80. The molecule has 0 aliphatic carbocycles. The fourth-order valence-corrected chi connectivity index (χ4v) is 3.10. The van der Waals surface area contributed by atoms with Crippen LogP contribution in [0.3, 0.4) is 0 Å². The highest BCUT2D eigenvalue weighted by atomic mass is 15.2. The Hall–Kier alpha value is -1.55. The SMILES string of the molecule is CCN1CCC(CCNC(=NC)NCc2ccc(C)cc2)CC1. The number of likely N-dealkylation sites (tertiary alicyclic amines) is 1. The number of nitrogens with zero attached hydrogens (tertiary/aromatic N) is 2. The van der Waals surface area contributed by atoms with Gasteiger partial charge in [-0.15, -0.1) is 0 Å². The first-order valence-corrected chi connectivity index (χ1v) is 8.93. The van der Waals surface area contributed by atoms with Crippen molar-refractivity contribution >= 4 is 5.96 Å². The van der Waals surface area contributed by atoms with Crippen LogP contribution in [0.25, 0.3) is 0 Å². The molecule has 0 saturated carbocycles. The molecular weight excluding hydrogens is 284 g/mol. The molecule has 0 atom stereocenters. The molecule has 0 amide bonds. The summed E-state index contributed by atoms with van der Waals surface area (Å²) in [6, 6.07) is 8.62. The van der Waals surface area contributed by atoms with Gasteiger partial charge in [-0.1, -0.05) is 36.8 Å². The summed E-state index contributed by atoms with van der Waals surface area (Å²) < 4.78 is 0. The van der Waals surface area contributed by atoms with Crippen LogP contribution in [0.5, 0.6) is 0 Å². The Balaban J connectivity index is 1.64. The summed E-state index contributed by atoms with van der Waals surface area (Å²) in [7, 11) is 1.84. The molecule has 128 valence electrons. The van der Waals surface area contributed by atoms with Gasteiger partial charge < -0.3 is 15.5 Å². The largest absolute Gasteiger partial charge is 0.356 e. The van der Waals surface area contributed by atoms with Gasteiger partial charge in [0.25, 0.3) is 0 Å².